The van der Waals surface area contributed by atoms with Gasteiger partial charge in [0.25, 0.3) is 5.91 Å². The fourth-order valence-corrected chi connectivity index (χ4v) is 3.56. The lowest BCUT2D eigenvalue weighted by atomic mass is 10.2. The van der Waals surface area contributed by atoms with Gasteiger partial charge in [-0.05, 0) is 55.7 Å². The van der Waals surface area contributed by atoms with E-state index in [4.69, 9.17) is 0 Å². The Morgan fingerprint density at radius 2 is 2.35 bits per heavy atom. The molecule has 2 atom stereocenters. The van der Waals surface area contributed by atoms with Crippen molar-refractivity contribution >= 4 is 24.0 Å². The van der Waals surface area contributed by atoms with Crippen molar-refractivity contribution in [1.82, 2.24) is 15.6 Å². The quantitative estimate of drug-likeness (QED) is 0.568. The minimum absolute atomic E-state index is 0.0596. The first-order valence-corrected chi connectivity index (χ1v) is 8.96. The number of carbonyl (C=O) groups is 1. The molecule has 0 saturated heterocycles. The Balaban J connectivity index is 1.51. The predicted molar refractivity (Wildman–Crippen MR) is 94.7 cm³/mol. The largest absolute Gasteiger partial charge is 0.324 e. The maximum atomic E-state index is 12.3. The number of thiophene rings is 1. The second-order valence-corrected chi connectivity index (χ2v) is 7.44. The van der Waals surface area contributed by atoms with Gasteiger partial charge < -0.3 is 10.6 Å². The van der Waals surface area contributed by atoms with Crippen LogP contribution in [0.15, 0.2) is 28.4 Å². The van der Waals surface area contributed by atoms with Gasteiger partial charge in [-0.2, -0.15) is 5.10 Å². The van der Waals surface area contributed by atoms with Gasteiger partial charge in [-0.25, -0.2) is 0 Å². The zero-order valence-electron chi connectivity index (χ0n) is 13.7. The van der Waals surface area contributed by atoms with Crippen LogP contribution >= 0.6 is 11.3 Å². The van der Waals surface area contributed by atoms with Gasteiger partial charge >= 0.3 is 0 Å². The highest BCUT2D eigenvalue weighted by atomic mass is 32.1. The van der Waals surface area contributed by atoms with Crippen LogP contribution in [0, 0.1) is 5.92 Å². The smallest absolute Gasteiger partial charge is 0.265 e. The summed E-state index contributed by atoms with van der Waals surface area (Å²) in [7, 11) is 1.77. The Morgan fingerprint density at radius 1 is 1.57 bits per heavy atom. The normalized spacial score (nSPS) is 23.5. The zero-order valence-corrected chi connectivity index (χ0v) is 14.5. The number of amides is 1. The first-order chi connectivity index (χ1) is 11.1. The lowest BCUT2D eigenvalue weighted by molar-refractivity contribution is 0.0969. The number of nitrogens with zero attached hydrogens (tertiary/aromatic N) is 2. The molecule has 6 heteroatoms. The zero-order chi connectivity index (χ0) is 16.4. The number of hydrogen-bond donors (Lipinski definition) is 2. The summed E-state index contributed by atoms with van der Waals surface area (Å²) in [5, 5.41) is 13.9. The van der Waals surface area contributed by atoms with E-state index < -0.39 is 0 Å². The molecule has 2 aliphatic carbocycles. The Labute approximate surface area is 141 Å². The predicted octanol–water partition coefficient (Wildman–Crippen LogP) is 2.74. The van der Waals surface area contributed by atoms with Crippen LogP contribution in [0.25, 0.3) is 0 Å². The van der Waals surface area contributed by atoms with Crippen molar-refractivity contribution in [3.05, 3.63) is 33.8 Å². The molecule has 3 rings (SSSR count). The molecule has 1 heterocycles. The summed E-state index contributed by atoms with van der Waals surface area (Å²) < 4.78 is 0. The molecule has 23 heavy (non-hydrogen) atoms. The lowest BCUT2D eigenvalue weighted by Crippen LogP contribution is -2.22. The van der Waals surface area contributed by atoms with E-state index in [2.05, 4.69) is 27.8 Å². The summed E-state index contributed by atoms with van der Waals surface area (Å²) >= 11 is 1.51. The van der Waals surface area contributed by atoms with Crippen LogP contribution in [0.4, 0.5) is 0 Å². The average Bonchev–Trinajstić information content (AvgIpc) is 3.43. The summed E-state index contributed by atoms with van der Waals surface area (Å²) in [5.41, 5.74) is 2.04. The van der Waals surface area contributed by atoms with Crippen LogP contribution in [0.5, 0.6) is 0 Å². The average molecular weight is 332 g/mol. The number of carbonyl (C=O) groups excluding carboxylic acids is 1. The summed E-state index contributed by atoms with van der Waals surface area (Å²) in [5.74, 6) is 1.44. The molecular formula is C17H24N4OS. The Hall–Kier alpha value is -1.66. The second-order valence-electron chi connectivity index (χ2n) is 6.53. The van der Waals surface area contributed by atoms with E-state index in [9.17, 15) is 4.79 Å². The molecule has 0 radical (unpaired) electrons. The van der Waals surface area contributed by atoms with Gasteiger partial charge in [-0.3, -0.25) is 9.80 Å². The Bertz CT molecular complexity index is 620. The van der Waals surface area contributed by atoms with Crippen molar-refractivity contribution in [2.24, 2.45) is 11.0 Å². The number of hydrazone groups is 1. The fourth-order valence-electron chi connectivity index (χ4n) is 2.69. The third-order valence-corrected chi connectivity index (χ3v) is 5.29. The standard InChI is InChI=1S/C17H24N4OS/c1-11(9-21(3)18-2)20-17(22)16-6-13(10-23-16)14-7-15(14)19-8-12-4-5-12/h6,9-10,12,14-15,19H,2,4-5,7-8H2,1,3H3,(H,20,22)/b11-9+/t14-,15+/m0/s1. The van der Waals surface area contributed by atoms with Crippen LogP contribution in [-0.4, -0.2) is 37.3 Å². The fraction of sp³-hybridized carbons (Fsp3) is 0.529. The van der Waals surface area contributed by atoms with Crippen LogP contribution in [0.2, 0.25) is 0 Å². The topological polar surface area (TPSA) is 56.7 Å². The number of hydrogen-bond acceptors (Lipinski definition) is 5. The van der Waals surface area contributed by atoms with E-state index in [1.54, 1.807) is 18.3 Å². The SMILES string of the molecule is C=NN(C)/C=C(\C)NC(=O)c1cc([C@@H]2C[C@H]2NCC2CC2)cs1. The molecule has 1 aromatic rings. The number of allylic oxidation sites excluding steroid dienone is 1. The van der Waals surface area contributed by atoms with Gasteiger partial charge in [0.05, 0.1) is 4.88 Å². The van der Waals surface area contributed by atoms with Gasteiger partial charge in [0.15, 0.2) is 0 Å². The first-order valence-electron chi connectivity index (χ1n) is 8.08. The molecule has 0 aromatic carbocycles. The van der Waals surface area contributed by atoms with Crippen molar-refractivity contribution < 1.29 is 4.79 Å². The molecule has 2 N–H and O–H groups in total. The summed E-state index contributed by atoms with van der Waals surface area (Å²) in [4.78, 5) is 13.0. The van der Waals surface area contributed by atoms with Crippen LogP contribution in [0.1, 0.15) is 47.3 Å². The lowest BCUT2D eigenvalue weighted by Gasteiger charge is -2.08. The van der Waals surface area contributed by atoms with E-state index >= 15 is 0 Å². The van der Waals surface area contributed by atoms with Gasteiger partial charge in [0, 0.05) is 37.6 Å². The molecular weight excluding hydrogens is 308 g/mol. The van der Waals surface area contributed by atoms with E-state index in [-0.39, 0.29) is 5.91 Å². The van der Waals surface area contributed by atoms with E-state index in [1.807, 2.05) is 13.0 Å². The molecule has 2 fully saturated rings. The molecule has 2 saturated carbocycles. The van der Waals surface area contributed by atoms with Crippen molar-refractivity contribution in [1.29, 1.82) is 0 Å². The van der Waals surface area contributed by atoms with Crippen molar-refractivity contribution in [2.75, 3.05) is 13.6 Å². The maximum Gasteiger partial charge on any atom is 0.265 e. The summed E-state index contributed by atoms with van der Waals surface area (Å²) in [6.07, 6.45) is 5.70. The molecule has 0 aliphatic heterocycles. The number of nitrogens with one attached hydrogen (secondary N) is 2. The van der Waals surface area contributed by atoms with Crippen molar-refractivity contribution in [3.63, 3.8) is 0 Å². The third kappa shape index (κ3) is 4.42. The molecule has 1 aromatic heterocycles. The molecule has 0 bridgehead atoms. The molecule has 0 unspecified atom stereocenters. The van der Waals surface area contributed by atoms with Gasteiger partial charge in [-0.1, -0.05) is 0 Å². The molecule has 2 aliphatic rings. The maximum absolute atomic E-state index is 12.3. The molecule has 1 amide bonds. The first kappa shape index (κ1) is 16.2. The van der Waals surface area contributed by atoms with Gasteiger partial charge in [0.1, 0.15) is 0 Å². The number of rotatable bonds is 8. The highest BCUT2D eigenvalue weighted by molar-refractivity contribution is 7.12. The van der Waals surface area contributed by atoms with Gasteiger partial charge in [0.2, 0.25) is 0 Å². The van der Waals surface area contributed by atoms with E-state index in [1.165, 1.54) is 36.2 Å². The van der Waals surface area contributed by atoms with Crippen molar-refractivity contribution in [3.8, 4) is 0 Å². The monoisotopic (exact) mass is 332 g/mol. The van der Waals surface area contributed by atoms with Crippen LogP contribution < -0.4 is 10.6 Å². The highest BCUT2D eigenvalue weighted by Gasteiger charge is 2.39. The Morgan fingerprint density at radius 3 is 3.04 bits per heavy atom. The Kier molecular flexibility index (Phi) is 4.82. The van der Waals surface area contributed by atoms with Crippen LogP contribution in [0.3, 0.4) is 0 Å². The van der Waals surface area contributed by atoms with E-state index in [0.29, 0.717) is 12.0 Å². The van der Waals surface area contributed by atoms with E-state index in [0.717, 1.165) is 23.0 Å². The molecule has 0 spiro atoms. The minimum atomic E-state index is -0.0596. The summed E-state index contributed by atoms with van der Waals surface area (Å²) in [6, 6.07) is 2.64. The molecule has 5 nitrogen and oxygen atoms in total. The summed E-state index contributed by atoms with van der Waals surface area (Å²) in [6.45, 7) is 6.43. The molecule has 124 valence electrons. The van der Waals surface area contributed by atoms with Gasteiger partial charge in [-0.15, -0.1) is 11.3 Å². The second kappa shape index (κ2) is 6.84. The highest BCUT2D eigenvalue weighted by Crippen LogP contribution is 2.43. The minimum Gasteiger partial charge on any atom is -0.324 e. The van der Waals surface area contributed by atoms with Crippen molar-refractivity contribution in [2.45, 2.75) is 38.1 Å². The third-order valence-electron chi connectivity index (χ3n) is 4.34. The van der Waals surface area contributed by atoms with Crippen LogP contribution in [-0.2, 0) is 0 Å².